The topological polar surface area (TPSA) is 40.2 Å². The van der Waals surface area contributed by atoms with Crippen LogP contribution < -0.4 is 5.32 Å². The minimum Gasteiger partial charge on any atom is -0.361 e. The SMILES string of the molecule is C=N/C=C(\C)CNCCc1c[nH]c2ccccc12. The Kier molecular flexibility index (Phi) is 4.31. The number of rotatable bonds is 6. The molecule has 0 spiro atoms. The number of nitrogens with zero attached hydrogens (tertiary/aromatic N) is 1. The summed E-state index contributed by atoms with van der Waals surface area (Å²) in [7, 11) is 0. The molecule has 3 nitrogen and oxygen atoms in total. The fourth-order valence-corrected chi connectivity index (χ4v) is 2.05. The van der Waals surface area contributed by atoms with Gasteiger partial charge >= 0.3 is 0 Å². The van der Waals surface area contributed by atoms with E-state index in [4.69, 9.17) is 0 Å². The van der Waals surface area contributed by atoms with Crippen molar-refractivity contribution in [2.45, 2.75) is 13.3 Å². The summed E-state index contributed by atoms with van der Waals surface area (Å²) in [5.41, 5.74) is 3.77. The highest BCUT2D eigenvalue weighted by atomic mass is 14.8. The van der Waals surface area contributed by atoms with Gasteiger partial charge in [-0.3, -0.25) is 4.99 Å². The zero-order valence-corrected chi connectivity index (χ0v) is 10.7. The first-order valence-corrected chi connectivity index (χ1v) is 6.18. The number of fused-ring (bicyclic) bond motifs is 1. The number of benzene rings is 1. The van der Waals surface area contributed by atoms with Crippen LogP contribution in [0.4, 0.5) is 0 Å². The van der Waals surface area contributed by atoms with Gasteiger partial charge in [-0.05, 0) is 43.8 Å². The second-order valence-electron chi connectivity index (χ2n) is 4.44. The van der Waals surface area contributed by atoms with E-state index in [1.165, 1.54) is 22.0 Å². The summed E-state index contributed by atoms with van der Waals surface area (Å²) in [6.45, 7) is 7.32. The van der Waals surface area contributed by atoms with Gasteiger partial charge in [-0.15, -0.1) is 0 Å². The number of aromatic amines is 1. The Balaban J connectivity index is 1.87. The van der Waals surface area contributed by atoms with Crippen LogP contribution in [0.2, 0.25) is 0 Å². The first kappa shape index (κ1) is 12.6. The summed E-state index contributed by atoms with van der Waals surface area (Å²) in [4.78, 5) is 7.04. The molecular weight excluding hydrogens is 222 g/mol. The van der Waals surface area contributed by atoms with Crippen molar-refractivity contribution in [2.75, 3.05) is 13.1 Å². The van der Waals surface area contributed by atoms with E-state index in [-0.39, 0.29) is 0 Å². The third kappa shape index (κ3) is 3.08. The van der Waals surface area contributed by atoms with Gasteiger partial charge < -0.3 is 10.3 Å². The normalized spacial score (nSPS) is 11.9. The Morgan fingerprint density at radius 2 is 2.28 bits per heavy atom. The number of hydrogen-bond donors (Lipinski definition) is 2. The van der Waals surface area contributed by atoms with Gasteiger partial charge in [0.1, 0.15) is 0 Å². The van der Waals surface area contributed by atoms with E-state index in [9.17, 15) is 0 Å². The van der Waals surface area contributed by atoms with Crippen LogP contribution in [0, 0.1) is 0 Å². The maximum absolute atomic E-state index is 3.75. The summed E-state index contributed by atoms with van der Waals surface area (Å²) in [6.07, 6.45) is 4.91. The predicted octanol–water partition coefficient (Wildman–Crippen LogP) is 2.90. The fraction of sp³-hybridized carbons (Fsp3) is 0.267. The third-order valence-corrected chi connectivity index (χ3v) is 2.96. The summed E-state index contributed by atoms with van der Waals surface area (Å²) < 4.78 is 0. The number of aromatic nitrogens is 1. The molecule has 2 rings (SSSR count). The quantitative estimate of drug-likeness (QED) is 0.592. The number of nitrogens with one attached hydrogen (secondary N) is 2. The summed E-state index contributed by atoms with van der Waals surface area (Å²) in [6, 6.07) is 8.40. The van der Waals surface area contributed by atoms with Crippen LogP contribution >= 0.6 is 0 Å². The lowest BCUT2D eigenvalue weighted by Gasteiger charge is -2.03. The van der Waals surface area contributed by atoms with Crippen molar-refractivity contribution < 1.29 is 0 Å². The Morgan fingerprint density at radius 3 is 3.11 bits per heavy atom. The standard InChI is InChI=1S/C15H19N3/c1-12(9-16-2)10-17-8-7-13-11-18-15-6-4-3-5-14(13)15/h3-6,9,11,17-18H,2,7-8,10H2,1H3/b12-9+. The number of H-pyrrole nitrogens is 1. The molecule has 1 aromatic heterocycles. The molecule has 2 aromatic rings. The van der Waals surface area contributed by atoms with Crippen molar-refractivity contribution in [1.82, 2.24) is 10.3 Å². The minimum absolute atomic E-state index is 0.862. The lowest BCUT2D eigenvalue weighted by atomic mass is 10.1. The first-order chi connectivity index (χ1) is 8.81. The van der Waals surface area contributed by atoms with E-state index in [1.807, 2.05) is 6.92 Å². The van der Waals surface area contributed by atoms with Crippen molar-refractivity contribution in [3.8, 4) is 0 Å². The second kappa shape index (κ2) is 6.17. The van der Waals surface area contributed by atoms with Gasteiger partial charge in [0, 0.05) is 29.8 Å². The van der Waals surface area contributed by atoms with Crippen molar-refractivity contribution in [3.05, 3.63) is 47.8 Å². The van der Waals surface area contributed by atoms with E-state index in [0.29, 0.717) is 0 Å². The van der Waals surface area contributed by atoms with Crippen LogP contribution in [0.25, 0.3) is 10.9 Å². The zero-order chi connectivity index (χ0) is 12.8. The highest BCUT2D eigenvalue weighted by molar-refractivity contribution is 5.83. The lowest BCUT2D eigenvalue weighted by Crippen LogP contribution is -2.19. The van der Waals surface area contributed by atoms with E-state index in [0.717, 1.165) is 19.5 Å². The molecule has 0 unspecified atom stereocenters. The average molecular weight is 241 g/mol. The van der Waals surface area contributed by atoms with Gasteiger partial charge in [0.15, 0.2) is 0 Å². The summed E-state index contributed by atoms with van der Waals surface area (Å²) >= 11 is 0. The van der Waals surface area contributed by atoms with Crippen LogP contribution in [0.3, 0.4) is 0 Å². The Labute approximate surface area is 108 Å². The molecular formula is C15H19N3. The molecule has 0 aliphatic rings. The smallest absolute Gasteiger partial charge is 0.0456 e. The molecule has 1 aromatic carbocycles. The molecule has 0 saturated carbocycles. The maximum atomic E-state index is 3.75. The van der Waals surface area contributed by atoms with Crippen LogP contribution in [0.1, 0.15) is 12.5 Å². The second-order valence-corrected chi connectivity index (χ2v) is 4.44. The molecule has 0 radical (unpaired) electrons. The zero-order valence-electron chi connectivity index (χ0n) is 10.7. The molecule has 0 fully saturated rings. The Bertz CT molecular complexity index is 552. The van der Waals surface area contributed by atoms with Crippen molar-refractivity contribution >= 4 is 17.6 Å². The van der Waals surface area contributed by atoms with Crippen molar-refractivity contribution in [3.63, 3.8) is 0 Å². The highest BCUT2D eigenvalue weighted by Gasteiger charge is 2.01. The van der Waals surface area contributed by atoms with Gasteiger partial charge in [0.05, 0.1) is 0 Å². The average Bonchev–Trinajstić information content (AvgIpc) is 2.78. The van der Waals surface area contributed by atoms with Gasteiger partial charge in [-0.25, -0.2) is 0 Å². The molecule has 3 heteroatoms. The van der Waals surface area contributed by atoms with Crippen LogP contribution in [0.15, 0.2) is 47.2 Å². The minimum atomic E-state index is 0.862. The van der Waals surface area contributed by atoms with Crippen LogP contribution in [0.5, 0.6) is 0 Å². The molecule has 0 amide bonds. The van der Waals surface area contributed by atoms with Gasteiger partial charge in [-0.1, -0.05) is 18.2 Å². The van der Waals surface area contributed by atoms with E-state index < -0.39 is 0 Å². The summed E-state index contributed by atoms with van der Waals surface area (Å²) in [5, 5.41) is 4.72. The molecule has 18 heavy (non-hydrogen) atoms. The highest BCUT2D eigenvalue weighted by Crippen LogP contribution is 2.17. The van der Waals surface area contributed by atoms with Crippen molar-refractivity contribution in [1.29, 1.82) is 0 Å². The molecule has 0 aliphatic carbocycles. The number of para-hydroxylation sites is 1. The number of aliphatic imine (C=N–C) groups is 1. The third-order valence-electron chi connectivity index (χ3n) is 2.96. The van der Waals surface area contributed by atoms with E-state index >= 15 is 0 Å². The fourth-order valence-electron chi connectivity index (χ4n) is 2.05. The molecule has 0 bridgehead atoms. The first-order valence-electron chi connectivity index (χ1n) is 6.18. The molecule has 0 atom stereocenters. The van der Waals surface area contributed by atoms with Crippen LogP contribution in [-0.2, 0) is 6.42 Å². The predicted molar refractivity (Wildman–Crippen MR) is 78.2 cm³/mol. The molecule has 0 saturated heterocycles. The van der Waals surface area contributed by atoms with Crippen LogP contribution in [-0.4, -0.2) is 24.8 Å². The maximum Gasteiger partial charge on any atom is 0.0456 e. The monoisotopic (exact) mass is 241 g/mol. The molecule has 2 N–H and O–H groups in total. The molecule has 0 aliphatic heterocycles. The largest absolute Gasteiger partial charge is 0.361 e. The Hall–Kier alpha value is -1.87. The van der Waals surface area contributed by atoms with Crippen molar-refractivity contribution in [2.24, 2.45) is 4.99 Å². The van der Waals surface area contributed by atoms with Gasteiger partial charge in [0.2, 0.25) is 0 Å². The van der Waals surface area contributed by atoms with E-state index in [1.54, 1.807) is 6.20 Å². The lowest BCUT2D eigenvalue weighted by molar-refractivity contribution is 0.729. The Morgan fingerprint density at radius 1 is 1.44 bits per heavy atom. The summed E-state index contributed by atoms with van der Waals surface area (Å²) in [5.74, 6) is 0. The molecule has 94 valence electrons. The van der Waals surface area contributed by atoms with Gasteiger partial charge in [-0.2, -0.15) is 0 Å². The van der Waals surface area contributed by atoms with E-state index in [2.05, 4.69) is 52.5 Å². The molecule has 1 heterocycles. The van der Waals surface area contributed by atoms with Gasteiger partial charge in [0.25, 0.3) is 0 Å². The number of hydrogen-bond acceptors (Lipinski definition) is 2.